The van der Waals surface area contributed by atoms with Gasteiger partial charge in [0.1, 0.15) is 18.5 Å². The number of benzene rings is 2. The second kappa shape index (κ2) is 11.1. The van der Waals surface area contributed by atoms with Gasteiger partial charge in [-0.2, -0.15) is 0 Å². The van der Waals surface area contributed by atoms with Gasteiger partial charge < -0.3 is 24.4 Å². The van der Waals surface area contributed by atoms with Gasteiger partial charge in [-0.05, 0) is 30.7 Å². The third kappa shape index (κ3) is 7.16. The van der Waals surface area contributed by atoms with Crippen molar-refractivity contribution in [3.8, 4) is 17.2 Å². The van der Waals surface area contributed by atoms with Gasteiger partial charge in [0.15, 0.2) is 11.5 Å². The molecule has 0 heterocycles. The summed E-state index contributed by atoms with van der Waals surface area (Å²) in [6.45, 7) is 2.15. The number of carbonyl (C=O) groups is 1. The summed E-state index contributed by atoms with van der Waals surface area (Å²) in [7, 11) is 0. The van der Waals surface area contributed by atoms with Crippen molar-refractivity contribution in [1.29, 1.82) is 0 Å². The van der Waals surface area contributed by atoms with Gasteiger partial charge >= 0.3 is 5.97 Å². The summed E-state index contributed by atoms with van der Waals surface area (Å²) < 4.78 is 16.1. The number of aromatic hydroxyl groups is 1. The molecule has 0 amide bonds. The number of hydrogen-bond donors (Lipinski definition) is 3. The van der Waals surface area contributed by atoms with E-state index in [9.17, 15) is 15.0 Å². The minimum atomic E-state index is -1.06. The average Bonchev–Trinajstić information content (AvgIpc) is 2.69. The summed E-state index contributed by atoms with van der Waals surface area (Å²) in [6, 6.07) is 15.3. The van der Waals surface area contributed by atoms with E-state index in [0.717, 1.165) is 0 Å². The van der Waals surface area contributed by atoms with Crippen LogP contribution >= 0.6 is 0 Å². The van der Waals surface area contributed by atoms with Crippen LogP contribution in [0.4, 0.5) is 0 Å². The zero-order valence-corrected chi connectivity index (χ0v) is 15.2. The zero-order chi connectivity index (χ0) is 19.5. The van der Waals surface area contributed by atoms with Crippen LogP contribution in [0.1, 0.15) is 13.3 Å². The van der Waals surface area contributed by atoms with Crippen LogP contribution in [-0.4, -0.2) is 48.3 Å². The lowest BCUT2D eigenvalue weighted by Gasteiger charge is -2.21. The van der Waals surface area contributed by atoms with E-state index in [1.165, 1.54) is 6.07 Å². The van der Waals surface area contributed by atoms with Crippen molar-refractivity contribution >= 4 is 5.97 Å². The number of aliphatic hydroxyl groups is 1. The number of nitrogens with one attached hydrogen (secondary N) is 1. The van der Waals surface area contributed by atoms with E-state index in [4.69, 9.17) is 14.2 Å². The molecule has 7 heteroatoms. The molecule has 146 valence electrons. The topological polar surface area (TPSA) is 97.3 Å². The van der Waals surface area contributed by atoms with Crippen LogP contribution in [0.15, 0.2) is 54.6 Å². The molecule has 2 atom stereocenters. The molecule has 7 nitrogen and oxygen atoms in total. The van der Waals surface area contributed by atoms with Gasteiger partial charge in [0.25, 0.3) is 0 Å². The number of carbonyl (C=O) groups excluding carboxylic acids is 1. The number of esters is 1. The maximum absolute atomic E-state index is 12.2. The summed E-state index contributed by atoms with van der Waals surface area (Å²) in [4.78, 5) is 12.2. The third-order valence-electron chi connectivity index (χ3n) is 3.50. The van der Waals surface area contributed by atoms with Gasteiger partial charge in [-0.3, -0.25) is 5.32 Å². The molecule has 0 spiro atoms. The van der Waals surface area contributed by atoms with E-state index in [-0.39, 0.29) is 31.3 Å². The first-order chi connectivity index (χ1) is 13.1. The Labute approximate surface area is 158 Å². The van der Waals surface area contributed by atoms with Crippen LogP contribution in [-0.2, 0) is 9.53 Å². The molecule has 0 fully saturated rings. The van der Waals surface area contributed by atoms with E-state index < -0.39 is 18.3 Å². The Bertz CT molecular complexity index is 694. The molecule has 3 N–H and O–H groups in total. The molecule has 2 aromatic rings. The lowest BCUT2D eigenvalue weighted by Crippen LogP contribution is -2.46. The molecule has 0 aliphatic rings. The summed E-state index contributed by atoms with van der Waals surface area (Å²) >= 11 is 0. The standard InChI is InChI=1S/C20H25NO6/c1-2-12-25-20(24)19(27-16-8-4-3-5-9-16)21-13-15(22)14-26-18-11-7-6-10-17(18)23/h3-11,15,19,21-23H,2,12-14H2,1H3. The molecule has 0 saturated heterocycles. The smallest absolute Gasteiger partial charge is 0.363 e. The highest BCUT2D eigenvalue weighted by Crippen LogP contribution is 2.24. The van der Waals surface area contributed by atoms with Crippen molar-refractivity contribution in [2.45, 2.75) is 25.7 Å². The normalized spacial score (nSPS) is 12.8. The summed E-state index contributed by atoms with van der Waals surface area (Å²) in [5, 5.41) is 22.6. The molecule has 0 aliphatic carbocycles. The lowest BCUT2D eigenvalue weighted by molar-refractivity contribution is -0.153. The summed E-state index contributed by atoms with van der Waals surface area (Å²) in [5.74, 6) is 0.208. The Morgan fingerprint density at radius 2 is 1.81 bits per heavy atom. The Morgan fingerprint density at radius 1 is 1.11 bits per heavy atom. The molecule has 2 rings (SSSR count). The first kappa shape index (κ1) is 20.5. The first-order valence-electron chi connectivity index (χ1n) is 8.80. The first-order valence-corrected chi connectivity index (χ1v) is 8.80. The molecular formula is C20H25NO6. The van der Waals surface area contributed by atoms with Crippen LogP contribution in [0.3, 0.4) is 0 Å². The number of rotatable bonds is 11. The molecule has 0 saturated carbocycles. The monoisotopic (exact) mass is 375 g/mol. The Balaban J connectivity index is 1.87. The lowest BCUT2D eigenvalue weighted by atomic mass is 10.3. The van der Waals surface area contributed by atoms with Crippen LogP contribution in [0, 0.1) is 0 Å². The highest BCUT2D eigenvalue weighted by atomic mass is 16.6. The summed E-state index contributed by atoms with van der Waals surface area (Å²) in [6.07, 6.45) is -1.29. The van der Waals surface area contributed by atoms with E-state index in [2.05, 4.69) is 5.32 Å². The van der Waals surface area contributed by atoms with Crippen LogP contribution in [0.2, 0.25) is 0 Å². The largest absolute Gasteiger partial charge is 0.504 e. The number of ether oxygens (including phenoxy) is 3. The molecule has 2 unspecified atom stereocenters. The minimum Gasteiger partial charge on any atom is -0.504 e. The summed E-state index contributed by atoms with van der Waals surface area (Å²) in [5.41, 5.74) is 0. The number of hydrogen-bond acceptors (Lipinski definition) is 7. The number of aliphatic hydroxyl groups excluding tert-OH is 1. The van der Waals surface area contributed by atoms with Crippen LogP contribution in [0.5, 0.6) is 17.2 Å². The van der Waals surface area contributed by atoms with Crippen molar-refractivity contribution < 1.29 is 29.2 Å². The molecule has 0 radical (unpaired) electrons. The fraction of sp³-hybridized carbons (Fsp3) is 0.350. The van der Waals surface area contributed by atoms with Crippen molar-refractivity contribution in [1.82, 2.24) is 5.32 Å². The van der Waals surface area contributed by atoms with Crippen molar-refractivity contribution in [2.24, 2.45) is 0 Å². The molecule has 0 aromatic heterocycles. The maximum atomic E-state index is 12.2. The molecule has 27 heavy (non-hydrogen) atoms. The zero-order valence-electron chi connectivity index (χ0n) is 15.2. The second-order valence-electron chi connectivity index (χ2n) is 5.82. The van der Waals surface area contributed by atoms with E-state index in [1.54, 1.807) is 42.5 Å². The molecule has 2 aromatic carbocycles. The van der Waals surface area contributed by atoms with Gasteiger partial charge in [-0.1, -0.05) is 37.3 Å². The average molecular weight is 375 g/mol. The van der Waals surface area contributed by atoms with Crippen molar-refractivity contribution in [3.63, 3.8) is 0 Å². The maximum Gasteiger partial charge on any atom is 0.363 e. The molecule has 0 aliphatic heterocycles. The highest BCUT2D eigenvalue weighted by molar-refractivity contribution is 5.74. The molecular weight excluding hydrogens is 350 g/mol. The van der Waals surface area contributed by atoms with E-state index in [1.807, 2.05) is 13.0 Å². The fourth-order valence-electron chi connectivity index (χ4n) is 2.15. The predicted molar refractivity (Wildman–Crippen MR) is 99.7 cm³/mol. The number of para-hydroxylation sites is 3. The van der Waals surface area contributed by atoms with Crippen molar-refractivity contribution in [2.75, 3.05) is 19.8 Å². The van der Waals surface area contributed by atoms with Gasteiger partial charge in [-0.15, -0.1) is 0 Å². The highest BCUT2D eigenvalue weighted by Gasteiger charge is 2.23. The van der Waals surface area contributed by atoms with Gasteiger partial charge in [0.2, 0.25) is 6.23 Å². The van der Waals surface area contributed by atoms with Crippen LogP contribution in [0.25, 0.3) is 0 Å². The predicted octanol–water partition coefficient (Wildman–Crippen LogP) is 2.08. The molecule has 0 bridgehead atoms. The third-order valence-corrected chi connectivity index (χ3v) is 3.50. The Hall–Kier alpha value is -2.77. The van der Waals surface area contributed by atoms with Gasteiger partial charge in [0, 0.05) is 6.54 Å². The number of phenols is 1. The van der Waals surface area contributed by atoms with Gasteiger partial charge in [-0.25, -0.2) is 4.79 Å². The van der Waals surface area contributed by atoms with E-state index >= 15 is 0 Å². The van der Waals surface area contributed by atoms with Crippen LogP contribution < -0.4 is 14.8 Å². The minimum absolute atomic E-state index is 0.00825. The quantitative estimate of drug-likeness (QED) is 0.409. The number of phenolic OH excluding ortho intramolecular Hbond substituents is 1. The second-order valence-corrected chi connectivity index (χ2v) is 5.82. The van der Waals surface area contributed by atoms with E-state index in [0.29, 0.717) is 12.2 Å². The Morgan fingerprint density at radius 3 is 2.52 bits per heavy atom. The van der Waals surface area contributed by atoms with Crippen molar-refractivity contribution in [3.05, 3.63) is 54.6 Å². The fourth-order valence-corrected chi connectivity index (χ4v) is 2.15. The van der Waals surface area contributed by atoms with Gasteiger partial charge in [0.05, 0.1) is 6.61 Å². The Kier molecular flexibility index (Phi) is 8.41. The SMILES string of the molecule is CCCOC(=O)C(NCC(O)COc1ccccc1O)Oc1ccccc1.